The fourth-order valence-corrected chi connectivity index (χ4v) is 1.38. The molecule has 0 unspecified atom stereocenters. The summed E-state index contributed by atoms with van der Waals surface area (Å²) in [7, 11) is 0. The lowest BCUT2D eigenvalue weighted by Gasteiger charge is -2.03. The molecule has 0 saturated heterocycles. The fraction of sp³-hybridized carbons (Fsp3) is 0.222. The number of benzene rings is 1. The van der Waals surface area contributed by atoms with Gasteiger partial charge in [0.2, 0.25) is 0 Å². The van der Waals surface area contributed by atoms with E-state index in [1.54, 1.807) is 0 Å². The first-order valence-electron chi connectivity index (χ1n) is 3.75. The lowest BCUT2D eigenvalue weighted by atomic mass is 10.1. The summed E-state index contributed by atoms with van der Waals surface area (Å²) in [6.07, 6.45) is 1.51. The molecule has 70 valence electrons. The van der Waals surface area contributed by atoms with Gasteiger partial charge in [0.1, 0.15) is 17.9 Å². The van der Waals surface area contributed by atoms with Crippen molar-refractivity contribution in [1.82, 2.24) is 0 Å². The number of hydrogen-bond donors (Lipinski definition) is 1. The minimum Gasteiger partial charge on any atom is -0.508 e. The highest BCUT2D eigenvalue weighted by atomic mass is 79.9. The third-order valence-corrected chi connectivity index (χ3v) is 2.26. The predicted octanol–water partition coefficient (Wildman–Crippen LogP) is 2.43. The molecule has 0 spiro atoms. The summed E-state index contributed by atoms with van der Waals surface area (Å²) in [4.78, 5) is 10.1. The molecule has 0 fully saturated rings. The first-order valence-corrected chi connectivity index (χ1v) is 4.55. The Hall–Kier alpha value is -0.900. The van der Waals surface area contributed by atoms with E-state index in [1.165, 1.54) is 6.07 Å². The molecule has 0 amide bonds. The highest BCUT2D eigenvalue weighted by molar-refractivity contribution is 9.10. The molecule has 1 rings (SSSR count). The Morgan fingerprint density at radius 2 is 2.23 bits per heavy atom. The van der Waals surface area contributed by atoms with Gasteiger partial charge in [-0.05, 0) is 34.0 Å². The molecule has 2 nitrogen and oxygen atoms in total. The van der Waals surface area contributed by atoms with Gasteiger partial charge >= 0.3 is 0 Å². The van der Waals surface area contributed by atoms with E-state index in [1.807, 2.05) is 0 Å². The number of aromatic hydroxyl groups is 1. The molecular weight excluding hydrogens is 239 g/mol. The molecule has 0 radical (unpaired) electrons. The van der Waals surface area contributed by atoms with Gasteiger partial charge in [-0.1, -0.05) is 0 Å². The molecule has 4 heteroatoms. The van der Waals surface area contributed by atoms with Crippen molar-refractivity contribution >= 4 is 22.2 Å². The van der Waals surface area contributed by atoms with Crippen molar-refractivity contribution < 1.29 is 14.3 Å². The molecule has 1 aromatic carbocycles. The molecular formula is C9H8BrFO2. The van der Waals surface area contributed by atoms with E-state index in [4.69, 9.17) is 0 Å². The average Bonchev–Trinajstić information content (AvgIpc) is 2.09. The van der Waals surface area contributed by atoms with Crippen molar-refractivity contribution in [3.8, 4) is 5.75 Å². The molecule has 0 saturated carbocycles. The van der Waals surface area contributed by atoms with Crippen LogP contribution in [0.4, 0.5) is 4.39 Å². The summed E-state index contributed by atoms with van der Waals surface area (Å²) in [5, 5.41) is 9.27. The van der Waals surface area contributed by atoms with Crippen molar-refractivity contribution in [3.63, 3.8) is 0 Å². The van der Waals surface area contributed by atoms with E-state index in [0.29, 0.717) is 22.9 Å². The van der Waals surface area contributed by atoms with Gasteiger partial charge in [0.25, 0.3) is 0 Å². The second kappa shape index (κ2) is 4.37. The quantitative estimate of drug-likeness (QED) is 0.833. The number of rotatable bonds is 3. The summed E-state index contributed by atoms with van der Waals surface area (Å²) >= 11 is 3.00. The minimum atomic E-state index is -0.507. The largest absolute Gasteiger partial charge is 0.508 e. The van der Waals surface area contributed by atoms with E-state index in [0.717, 1.165) is 12.4 Å². The van der Waals surface area contributed by atoms with Crippen LogP contribution in [0.5, 0.6) is 5.75 Å². The molecule has 0 aliphatic carbocycles. The molecule has 13 heavy (non-hydrogen) atoms. The number of aldehydes is 1. The second-order valence-corrected chi connectivity index (χ2v) is 3.45. The third kappa shape index (κ3) is 2.52. The number of halogens is 2. The maximum Gasteiger partial charge on any atom is 0.141 e. The summed E-state index contributed by atoms with van der Waals surface area (Å²) < 4.78 is 13.1. The number of carbonyl (C=O) groups excluding carboxylic acids is 1. The SMILES string of the molecule is O=CCCc1cc(Br)c(F)cc1O. The Morgan fingerprint density at radius 1 is 1.54 bits per heavy atom. The Labute approximate surface area is 83.5 Å². The van der Waals surface area contributed by atoms with Crippen LogP contribution in [-0.4, -0.2) is 11.4 Å². The van der Waals surface area contributed by atoms with Crippen molar-refractivity contribution in [2.45, 2.75) is 12.8 Å². The van der Waals surface area contributed by atoms with Gasteiger partial charge in [0.15, 0.2) is 0 Å². The summed E-state index contributed by atoms with van der Waals surface area (Å²) in [5.41, 5.74) is 0.570. The van der Waals surface area contributed by atoms with Crippen molar-refractivity contribution in [3.05, 3.63) is 28.0 Å². The van der Waals surface area contributed by atoms with Gasteiger partial charge in [-0.25, -0.2) is 4.39 Å². The normalized spacial score (nSPS) is 10.0. The smallest absolute Gasteiger partial charge is 0.141 e. The molecule has 0 bridgehead atoms. The number of phenolic OH excluding ortho intramolecular Hbond substituents is 1. The van der Waals surface area contributed by atoms with Gasteiger partial charge in [-0.3, -0.25) is 0 Å². The predicted molar refractivity (Wildman–Crippen MR) is 50.1 cm³/mol. The zero-order chi connectivity index (χ0) is 9.84. The average molecular weight is 247 g/mol. The highest BCUT2D eigenvalue weighted by Crippen LogP contribution is 2.25. The number of hydrogen-bond acceptors (Lipinski definition) is 2. The van der Waals surface area contributed by atoms with Crippen LogP contribution < -0.4 is 0 Å². The van der Waals surface area contributed by atoms with E-state index < -0.39 is 5.82 Å². The Kier molecular flexibility index (Phi) is 3.42. The lowest BCUT2D eigenvalue weighted by Crippen LogP contribution is -1.89. The van der Waals surface area contributed by atoms with Crippen LogP contribution in [0.25, 0.3) is 0 Å². The monoisotopic (exact) mass is 246 g/mol. The third-order valence-electron chi connectivity index (χ3n) is 1.65. The summed E-state index contributed by atoms with van der Waals surface area (Å²) in [6.45, 7) is 0. The topological polar surface area (TPSA) is 37.3 Å². The number of carbonyl (C=O) groups is 1. The molecule has 0 aliphatic heterocycles. The molecule has 0 heterocycles. The Balaban J connectivity index is 2.94. The second-order valence-electron chi connectivity index (χ2n) is 2.60. The van der Waals surface area contributed by atoms with Crippen molar-refractivity contribution in [1.29, 1.82) is 0 Å². The fourth-order valence-electron chi connectivity index (χ4n) is 0.992. The molecule has 1 N–H and O–H groups in total. The maximum atomic E-state index is 12.8. The Morgan fingerprint density at radius 3 is 2.85 bits per heavy atom. The van der Waals surface area contributed by atoms with Crippen LogP contribution in [0, 0.1) is 5.82 Å². The van der Waals surface area contributed by atoms with E-state index in [-0.39, 0.29) is 5.75 Å². The van der Waals surface area contributed by atoms with Crippen LogP contribution in [0.2, 0.25) is 0 Å². The van der Waals surface area contributed by atoms with E-state index in [9.17, 15) is 14.3 Å². The van der Waals surface area contributed by atoms with Crippen LogP contribution >= 0.6 is 15.9 Å². The van der Waals surface area contributed by atoms with Gasteiger partial charge in [0.05, 0.1) is 4.47 Å². The Bertz CT molecular complexity index is 326. The van der Waals surface area contributed by atoms with Crippen molar-refractivity contribution in [2.75, 3.05) is 0 Å². The van der Waals surface area contributed by atoms with Gasteiger partial charge in [-0.2, -0.15) is 0 Å². The van der Waals surface area contributed by atoms with E-state index in [2.05, 4.69) is 15.9 Å². The summed E-state index contributed by atoms with van der Waals surface area (Å²) in [6, 6.07) is 2.51. The minimum absolute atomic E-state index is 0.109. The number of phenols is 1. The molecule has 0 atom stereocenters. The van der Waals surface area contributed by atoms with Crippen molar-refractivity contribution in [2.24, 2.45) is 0 Å². The first kappa shape index (κ1) is 10.2. The van der Waals surface area contributed by atoms with Gasteiger partial charge in [-0.15, -0.1) is 0 Å². The van der Waals surface area contributed by atoms with Crippen LogP contribution in [0.3, 0.4) is 0 Å². The maximum absolute atomic E-state index is 12.8. The highest BCUT2D eigenvalue weighted by Gasteiger charge is 2.06. The molecule has 0 aromatic heterocycles. The van der Waals surface area contributed by atoms with E-state index >= 15 is 0 Å². The lowest BCUT2D eigenvalue weighted by molar-refractivity contribution is -0.107. The van der Waals surface area contributed by atoms with Gasteiger partial charge in [0, 0.05) is 12.5 Å². The summed E-state index contributed by atoms with van der Waals surface area (Å²) in [5.74, 6) is -0.616. The van der Waals surface area contributed by atoms with Crippen LogP contribution in [-0.2, 0) is 11.2 Å². The number of aryl methyl sites for hydroxylation is 1. The zero-order valence-electron chi connectivity index (χ0n) is 6.76. The van der Waals surface area contributed by atoms with Crippen LogP contribution in [0.15, 0.2) is 16.6 Å². The molecule has 1 aromatic rings. The standard InChI is InChI=1S/C9H8BrFO2/c10-7-4-6(2-1-3-12)9(13)5-8(7)11/h3-5,13H,1-2H2. The zero-order valence-corrected chi connectivity index (χ0v) is 8.34. The van der Waals surface area contributed by atoms with Gasteiger partial charge < -0.3 is 9.90 Å². The van der Waals surface area contributed by atoms with Crippen LogP contribution in [0.1, 0.15) is 12.0 Å². The molecule has 0 aliphatic rings. The first-order chi connectivity index (χ1) is 6.15.